The van der Waals surface area contributed by atoms with Gasteiger partial charge in [-0.15, -0.1) is 0 Å². The van der Waals surface area contributed by atoms with Crippen LogP contribution >= 0.6 is 0 Å². The van der Waals surface area contributed by atoms with Crippen LogP contribution in [0.15, 0.2) is 36.4 Å². The molecule has 4 N–H and O–H groups in total. The van der Waals surface area contributed by atoms with E-state index in [9.17, 15) is 25.2 Å². The molecular weight excluding hydrogens is 396 g/mol. The zero-order chi connectivity index (χ0) is 22.8. The monoisotopic (exact) mass is 430 g/mol. The van der Waals surface area contributed by atoms with Gasteiger partial charge in [-0.2, -0.15) is 0 Å². The van der Waals surface area contributed by atoms with Crippen molar-refractivity contribution in [3.05, 3.63) is 47.5 Å². The fourth-order valence-corrected chi connectivity index (χ4v) is 3.76. The standard InChI is InChI=1S/C25H34O6/c1-3-4-5-6-18(19-9-12-23(29)25(15-19)31-2)14-21(27)16-20(26)10-7-17-8-11-22(28)24(30)13-17/h8-9,11-13,15,18,20,26,28-30H,3-7,10,14,16H2,1-2H3. The fraction of sp³-hybridized carbons (Fsp3) is 0.480. The molecule has 31 heavy (non-hydrogen) atoms. The van der Waals surface area contributed by atoms with Crippen LogP contribution in [-0.4, -0.2) is 39.4 Å². The lowest BCUT2D eigenvalue weighted by Gasteiger charge is -2.19. The number of rotatable bonds is 13. The van der Waals surface area contributed by atoms with Crippen molar-refractivity contribution in [3.8, 4) is 23.0 Å². The van der Waals surface area contributed by atoms with E-state index in [0.29, 0.717) is 25.0 Å². The molecule has 2 aromatic rings. The number of phenolic OH excluding ortho intramolecular Hbond substituents is 3. The lowest BCUT2D eigenvalue weighted by atomic mass is 9.87. The number of hydrogen-bond acceptors (Lipinski definition) is 6. The molecule has 0 aliphatic heterocycles. The minimum Gasteiger partial charge on any atom is -0.504 e. The third-order valence-electron chi connectivity index (χ3n) is 5.57. The van der Waals surface area contributed by atoms with Gasteiger partial charge in [0.15, 0.2) is 23.0 Å². The third kappa shape index (κ3) is 7.79. The number of hydrogen-bond donors (Lipinski definition) is 4. The second-order valence-electron chi connectivity index (χ2n) is 8.09. The quantitative estimate of drug-likeness (QED) is 0.268. The van der Waals surface area contributed by atoms with Crippen molar-refractivity contribution < 1.29 is 30.0 Å². The van der Waals surface area contributed by atoms with E-state index in [-0.39, 0.29) is 35.4 Å². The van der Waals surface area contributed by atoms with Gasteiger partial charge in [0.25, 0.3) is 0 Å². The summed E-state index contributed by atoms with van der Waals surface area (Å²) in [5.41, 5.74) is 1.74. The van der Waals surface area contributed by atoms with Gasteiger partial charge in [0, 0.05) is 12.8 Å². The van der Waals surface area contributed by atoms with Crippen LogP contribution in [0.2, 0.25) is 0 Å². The van der Waals surface area contributed by atoms with Crippen molar-refractivity contribution in [2.45, 2.75) is 70.3 Å². The van der Waals surface area contributed by atoms with E-state index < -0.39 is 6.10 Å². The number of methoxy groups -OCH3 is 1. The van der Waals surface area contributed by atoms with Crippen LogP contribution in [-0.2, 0) is 11.2 Å². The summed E-state index contributed by atoms with van der Waals surface area (Å²) in [6, 6.07) is 9.77. The Morgan fingerprint density at radius 3 is 2.35 bits per heavy atom. The van der Waals surface area contributed by atoms with Crippen LogP contribution in [0.1, 0.15) is 68.9 Å². The Balaban J connectivity index is 1.96. The average Bonchev–Trinajstić information content (AvgIpc) is 2.74. The Morgan fingerprint density at radius 2 is 1.68 bits per heavy atom. The molecule has 0 heterocycles. The number of phenols is 3. The molecule has 2 rings (SSSR count). The summed E-state index contributed by atoms with van der Waals surface area (Å²) in [4.78, 5) is 12.7. The Morgan fingerprint density at radius 1 is 0.935 bits per heavy atom. The Bertz CT molecular complexity index is 848. The first kappa shape index (κ1) is 24.5. The number of unbranched alkanes of at least 4 members (excludes halogenated alkanes) is 2. The van der Waals surface area contributed by atoms with Crippen LogP contribution in [0.3, 0.4) is 0 Å². The van der Waals surface area contributed by atoms with Gasteiger partial charge in [-0.3, -0.25) is 4.79 Å². The minimum absolute atomic E-state index is 0.00501. The summed E-state index contributed by atoms with van der Waals surface area (Å²) < 4.78 is 5.21. The Kier molecular flexibility index (Phi) is 9.66. The van der Waals surface area contributed by atoms with Crippen LogP contribution in [0.25, 0.3) is 0 Å². The maximum atomic E-state index is 12.7. The maximum absolute atomic E-state index is 12.7. The number of ether oxygens (including phenoxy) is 1. The lowest BCUT2D eigenvalue weighted by molar-refractivity contribution is -0.121. The van der Waals surface area contributed by atoms with E-state index in [2.05, 4.69) is 6.92 Å². The summed E-state index contributed by atoms with van der Waals surface area (Å²) in [6.45, 7) is 2.13. The van der Waals surface area contributed by atoms with Gasteiger partial charge >= 0.3 is 0 Å². The van der Waals surface area contributed by atoms with Gasteiger partial charge in [0.2, 0.25) is 0 Å². The summed E-state index contributed by atoms with van der Waals surface area (Å²) in [5, 5.41) is 39.1. The van der Waals surface area contributed by atoms with Crippen molar-refractivity contribution >= 4 is 5.78 Å². The molecule has 0 amide bonds. The molecule has 2 aromatic carbocycles. The molecular formula is C25H34O6. The van der Waals surface area contributed by atoms with Crippen molar-refractivity contribution in [1.29, 1.82) is 0 Å². The van der Waals surface area contributed by atoms with Crippen LogP contribution in [0.4, 0.5) is 0 Å². The predicted molar refractivity (Wildman–Crippen MR) is 120 cm³/mol. The molecule has 6 heteroatoms. The highest BCUT2D eigenvalue weighted by molar-refractivity contribution is 5.79. The van der Waals surface area contributed by atoms with Gasteiger partial charge < -0.3 is 25.2 Å². The molecule has 0 aromatic heterocycles. The molecule has 2 unspecified atom stereocenters. The van der Waals surface area contributed by atoms with E-state index >= 15 is 0 Å². The second kappa shape index (κ2) is 12.2. The molecule has 0 aliphatic rings. The topological polar surface area (TPSA) is 107 Å². The van der Waals surface area contributed by atoms with E-state index in [1.54, 1.807) is 18.2 Å². The van der Waals surface area contributed by atoms with Crippen LogP contribution in [0, 0.1) is 0 Å². The summed E-state index contributed by atoms with van der Waals surface area (Å²) >= 11 is 0. The Labute approximate surface area is 184 Å². The molecule has 6 nitrogen and oxygen atoms in total. The summed E-state index contributed by atoms with van der Waals surface area (Å²) in [7, 11) is 1.50. The number of aliphatic hydroxyl groups excluding tert-OH is 1. The van der Waals surface area contributed by atoms with Crippen LogP contribution < -0.4 is 4.74 Å². The Hall–Kier alpha value is -2.73. The normalized spacial score (nSPS) is 13.0. The molecule has 2 atom stereocenters. The van der Waals surface area contributed by atoms with E-state index in [1.807, 2.05) is 6.07 Å². The third-order valence-corrected chi connectivity index (χ3v) is 5.57. The van der Waals surface area contributed by atoms with Crippen molar-refractivity contribution in [2.24, 2.45) is 0 Å². The van der Waals surface area contributed by atoms with Crippen LogP contribution in [0.5, 0.6) is 23.0 Å². The maximum Gasteiger partial charge on any atom is 0.160 e. The van der Waals surface area contributed by atoms with Gasteiger partial charge in [-0.1, -0.05) is 38.3 Å². The van der Waals surface area contributed by atoms with Gasteiger partial charge in [-0.25, -0.2) is 0 Å². The number of aryl methyl sites for hydroxylation is 1. The highest BCUT2D eigenvalue weighted by Crippen LogP contribution is 2.34. The number of aromatic hydroxyl groups is 3. The second-order valence-corrected chi connectivity index (χ2v) is 8.09. The highest BCUT2D eigenvalue weighted by atomic mass is 16.5. The predicted octanol–water partition coefficient (Wildman–Crippen LogP) is 4.82. The number of ketones is 1. The smallest absolute Gasteiger partial charge is 0.160 e. The first-order chi connectivity index (χ1) is 14.8. The molecule has 0 aliphatic carbocycles. The number of Topliss-reactive ketones (excluding diaryl/α,β-unsaturated/α-hetero) is 1. The van der Waals surface area contributed by atoms with Gasteiger partial charge in [-0.05, 0) is 60.6 Å². The first-order valence-corrected chi connectivity index (χ1v) is 10.9. The van der Waals surface area contributed by atoms with E-state index in [0.717, 1.165) is 36.8 Å². The molecule has 0 radical (unpaired) electrons. The SMILES string of the molecule is CCCCCC(CC(=O)CC(O)CCc1ccc(O)c(O)c1)c1ccc(O)c(OC)c1. The largest absolute Gasteiger partial charge is 0.504 e. The molecule has 0 saturated carbocycles. The number of aliphatic hydroxyl groups is 1. The number of benzene rings is 2. The molecule has 0 fully saturated rings. The summed E-state index contributed by atoms with van der Waals surface area (Å²) in [5.74, 6) is 0.0920. The molecule has 170 valence electrons. The fourth-order valence-electron chi connectivity index (χ4n) is 3.76. The van der Waals surface area contributed by atoms with E-state index in [1.165, 1.54) is 19.2 Å². The average molecular weight is 431 g/mol. The zero-order valence-corrected chi connectivity index (χ0v) is 18.4. The highest BCUT2D eigenvalue weighted by Gasteiger charge is 2.20. The number of carbonyl (C=O) groups excluding carboxylic acids is 1. The molecule has 0 saturated heterocycles. The van der Waals surface area contributed by atoms with Crippen molar-refractivity contribution in [3.63, 3.8) is 0 Å². The minimum atomic E-state index is -0.769. The summed E-state index contributed by atoms with van der Waals surface area (Å²) in [6.07, 6.45) is 4.56. The zero-order valence-electron chi connectivity index (χ0n) is 18.4. The van der Waals surface area contributed by atoms with Crippen molar-refractivity contribution in [1.82, 2.24) is 0 Å². The molecule has 0 spiro atoms. The first-order valence-electron chi connectivity index (χ1n) is 10.9. The van der Waals surface area contributed by atoms with E-state index in [4.69, 9.17) is 4.74 Å². The lowest BCUT2D eigenvalue weighted by Crippen LogP contribution is -2.17. The number of carbonyl (C=O) groups is 1. The van der Waals surface area contributed by atoms with Crippen molar-refractivity contribution in [2.75, 3.05) is 7.11 Å². The van der Waals surface area contributed by atoms with Gasteiger partial charge in [0.1, 0.15) is 5.78 Å². The van der Waals surface area contributed by atoms with Gasteiger partial charge in [0.05, 0.1) is 13.2 Å². The molecule has 0 bridgehead atoms.